The number of nitrogens with zero attached hydrogens (tertiary/aromatic N) is 3. The molecule has 26 heavy (non-hydrogen) atoms. The smallest absolute Gasteiger partial charge is 0.356 e. The first-order valence-corrected chi connectivity index (χ1v) is 8.58. The molecule has 0 fully saturated rings. The van der Waals surface area contributed by atoms with Gasteiger partial charge in [-0.05, 0) is 31.7 Å². The van der Waals surface area contributed by atoms with E-state index in [2.05, 4.69) is 9.97 Å². The summed E-state index contributed by atoms with van der Waals surface area (Å²) in [5, 5.41) is 9.17. The number of carboxylic acids is 1. The largest absolute Gasteiger partial charge is 0.476 e. The Morgan fingerprint density at radius 3 is 2.85 bits per heavy atom. The van der Waals surface area contributed by atoms with Gasteiger partial charge in [0.25, 0.3) is 0 Å². The maximum atomic E-state index is 11.2. The number of imidazole rings is 1. The SMILES string of the molecule is CC(OCc1ccccc1)Oc1nc2nc(C(=O)O)cn2c2c1CCC2. The lowest BCUT2D eigenvalue weighted by atomic mass is 10.2. The number of rotatable bonds is 6. The van der Waals surface area contributed by atoms with Crippen molar-refractivity contribution in [2.24, 2.45) is 0 Å². The van der Waals surface area contributed by atoms with Crippen molar-refractivity contribution >= 4 is 11.7 Å². The van der Waals surface area contributed by atoms with E-state index in [0.29, 0.717) is 18.3 Å². The summed E-state index contributed by atoms with van der Waals surface area (Å²) in [6.45, 7) is 2.27. The molecule has 0 saturated heterocycles. The summed E-state index contributed by atoms with van der Waals surface area (Å²) in [7, 11) is 0. The van der Waals surface area contributed by atoms with Crippen LogP contribution in [0, 0.1) is 0 Å². The first-order chi connectivity index (χ1) is 12.6. The van der Waals surface area contributed by atoms with Crippen LogP contribution in [0.2, 0.25) is 0 Å². The molecule has 0 bridgehead atoms. The molecule has 1 aliphatic rings. The Kier molecular flexibility index (Phi) is 4.30. The van der Waals surface area contributed by atoms with Crippen molar-refractivity contribution in [3.63, 3.8) is 0 Å². The molecular weight excluding hydrogens is 334 g/mol. The fourth-order valence-corrected chi connectivity index (χ4v) is 3.21. The zero-order chi connectivity index (χ0) is 18.1. The molecule has 7 nitrogen and oxygen atoms in total. The van der Waals surface area contributed by atoms with Crippen molar-refractivity contribution in [2.45, 2.75) is 39.1 Å². The second-order valence-corrected chi connectivity index (χ2v) is 6.28. The summed E-state index contributed by atoms with van der Waals surface area (Å²) in [6, 6.07) is 9.87. The van der Waals surface area contributed by atoms with E-state index in [1.54, 1.807) is 4.40 Å². The fourth-order valence-electron chi connectivity index (χ4n) is 3.21. The summed E-state index contributed by atoms with van der Waals surface area (Å²) >= 11 is 0. The highest BCUT2D eigenvalue weighted by Gasteiger charge is 2.24. The summed E-state index contributed by atoms with van der Waals surface area (Å²) in [5.41, 5.74) is 3.07. The van der Waals surface area contributed by atoms with E-state index >= 15 is 0 Å². The molecule has 1 unspecified atom stereocenters. The van der Waals surface area contributed by atoms with Crippen LogP contribution < -0.4 is 4.74 Å². The number of carboxylic acid groups (broad SMARTS) is 1. The third kappa shape index (κ3) is 3.13. The van der Waals surface area contributed by atoms with Crippen molar-refractivity contribution in [3.05, 3.63) is 59.0 Å². The summed E-state index contributed by atoms with van der Waals surface area (Å²) in [6.07, 6.45) is 3.71. The van der Waals surface area contributed by atoms with Gasteiger partial charge < -0.3 is 14.6 Å². The van der Waals surface area contributed by atoms with Crippen LogP contribution in [0.3, 0.4) is 0 Å². The van der Waals surface area contributed by atoms with Gasteiger partial charge in [0.1, 0.15) is 0 Å². The number of ether oxygens (including phenoxy) is 2. The zero-order valence-corrected chi connectivity index (χ0v) is 14.4. The van der Waals surface area contributed by atoms with Crippen LogP contribution >= 0.6 is 0 Å². The van der Waals surface area contributed by atoms with Crippen LogP contribution in [0.4, 0.5) is 0 Å². The molecule has 0 amide bonds. The molecule has 1 atom stereocenters. The van der Waals surface area contributed by atoms with Crippen LogP contribution in [0.15, 0.2) is 36.5 Å². The minimum absolute atomic E-state index is 0.0165. The molecular formula is C19H19N3O4. The lowest BCUT2D eigenvalue weighted by molar-refractivity contribution is -0.0784. The third-order valence-corrected chi connectivity index (χ3v) is 4.45. The summed E-state index contributed by atoms with van der Waals surface area (Å²) in [5.74, 6) is -0.245. The highest BCUT2D eigenvalue weighted by molar-refractivity contribution is 5.85. The first kappa shape index (κ1) is 16.5. The lowest BCUT2D eigenvalue weighted by Crippen LogP contribution is -2.18. The van der Waals surface area contributed by atoms with Gasteiger partial charge in [-0.15, -0.1) is 0 Å². The van der Waals surface area contributed by atoms with Gasteiger partial charge in [0.2, 0.25) is 11.7 Å². The second-order valence-electron chi connectivity index (χ2n) is 6.28. The number of fused-ring (bicyclic) bond motifs is 3. The molecule has 4 rings (SSSR count). The van der Waals surface area contributed by atoms with Gasteiger partial charge in [0.15, 0.2) is 12.0 Å². The normalized spacial score (nSPS) is 14.3. The van der Waals surface area contributed by atoms with Crippen molar-refractivity contribution in [3.8, 4) is 5.88 Å². The van der Waals surface area contributed by atoms with Crippen molar-refractivity contribution in [1.82, 2.24) is 14.4 Å². The third-order valence-electron chi connectivity index (χ3n) is 4.45. The molecule has 0 saturated carbocycles. The van der Waals surface area contributed by atoms with Crippen molar-refractivity contribution < 1.29 is 19.4 Å². The standard InChI is InChI=1S/C19H19N3O4/c1-12(25-11-13-6-3-2-4-7-13)26-17-14-8-5-9-16(14)22-10-15(18(23)24)20-19(22)21-17/h2-4,6-7,10,12H,5,8-9,11H2,1H3,(H,23,24). The maximum absolute atomic E-state index is 11.2. The number of aryl methyl sites for hydroxylation is 1. The van der Waals surface area contributed by atoms with E-state index in [0.717, 1.165) is 36.1 Å². The average molecular weight is 353 g/mol. The Hall–Kier alpha value is -2.93. The zero-order valence-electron chi connectivity index (χ0n) is 14.4. The van der Waals surface area contributed by atoms with Crippen LogP contribution in [-0.2, 0) is 24.2 Å². The van der Waals surface area contributed by atoms with Crippen LogP contribution in [0.25, 0.3) is 5.78 Å². The number of hydrogen-bond acceptors (Lipinski definition) is 5. The van der Waals surface area contributed by atoms with E-state index < -0.39 is 12.3 Å². The predicted molar refractivity (Wildman–Crippen MR) is 93.3 cm³/mol. The van der Waals surface area contributed by atoms with Gasteiger partial charge in [-0.1, -0.05) is 30.3 Å². The Bertz CT molecular complexity index is 952. The molecule has 0 spiro atoms. The lowest BCUT2D eigenvalue weighted by Gasteiger charge is -2.17. The highest BCUT2D eigenvalue weighted by Crippen LogP contribution is 2.31. The highest BCUT2D eigenvalue weighted by atomic mass is 16.7. The number of hydrogen-bond donors (Lipinski definition) is 1. The topological polar surface area (TPSA) is 86.0 Å². The summed E-state index contributed by atoms with van der Waals surface area (Å²) < 4.78 is 13.4. The van der Waals surface area contributed by atoms with Crippen molar-refractivity contribution in [2.75, 3.05) is 0 Å². The molecule has 2 heterocycles. The molecule has 3 aromatic rings. The molecule has 7 heteroatoms. The predicted octanol–water partition coefficient (Wildman–Crippen LogP) is 2.86. The Balaban J connectivity index is 1.57. The van der Waals surface area contributed by atoms with Crippen molar-refractivity contribution in [1.29, 1.82) is 0 Å². The molecule has 134 valence electrons. The quantitative estimate of drug-likeness (QED) is 0.686. The van der Waals surface area contributed by atoms with Crippen LogP contribution in [-0.4, -0.2) is 31.7 Å². The van der Waals surface area contributed by atoms with Gasteiger partial charge in [-0.2, -0.15) is 4.98 Å². The van der Waals surface area contributed by atoms with Crippen LogP contribution in [0.5, 0.6) is 5.88 Å². The Morgan fingerprint density at radius 2 is 2.08 bits per heavy atom. The number of aromatic carboxylic acids is 1. The Morgan fingerprint density at radius 1 is 1.27 bits per heavy atom. The molecule has 2 aromatic heterocycles. The van der Waals surface area contributed by atoms with Gasteiger partial charge in [0.05, 0.1) is 6.61 Å². The molecule has 1 N–H and O–H groups in total. The van der Waals surface area contributed by atoms with E-state index in [4.69, 9.17) is 9.47 Å². The van der Waals surface area contributed by atoms with E-state index in [1.807, 2.05) is 37.3 Å². The molecule has 0 aliphatic heterocycles. The number of benzene rings is 1. The van der Waals surface area contributed by atoms with Gasteiger partial charge >= 0.3 is 5.97 Å². The average Bonchev–Trinajstić information content (AvgIpc) is 3.27. The number of carbonyl (C=O) groups is 1. The maximum Gasteiger partial charge on any atom is 0.356 e. The Labute approximate surface area is 150 Å². The van der Waals surface area contributed by atoms with Gasteiger partial charge in [-0.3, -0.25) is 4.40 Å². The van der Waals surface area contributed by atoms with E-state index in [9.17, 15) is 9.90 Å². The van der Waals surface area contributed by atoms with Gasteiger partial charge in [-0.25, -0.2) is 9.78 Å². The number of aromatic nitrogens is 3. The second kappa shape index (κ2) is 6.76. The minimum Gasteiger partial charge on any atom is -0.476 e. The van der Waals surface area contributed by atoms with E-state index in [-0.39, 0.29) is 5.69 Å². The molecule has 1 aromatic carbocycles. The van der Waals surface area contributed by atoms with Gasteiger partial charge in [0, 0.05) is 17.5 Å². The molecule has 1 aliphatic carbocycles. The minimum atomic E-state index is -1.07. The first-order valence-electron chi connectivity index (χ1n) is 8.58. The monoisotopic (exact) mass is 353 g/mol. The fraction of sp³-hybridized carbons (Fsp3) is 0.316. The summed E-state index contributed by atoms with van der Waals surface area (Å²) in [4.78, 5) is 19.7. The molecule has 0 radical (unpaired) electrons. The van der Waals surface area contributed by atoms with Crippen LogP contribution in [0.1, 0.15) is 40.7 Å². The van der Waals surface area contributed by atoms with E-state index in [1.165, 1.54) is 6.20 Å².